The summed E-state index contributed by atoms with van der Waals surface area (Å²) < 4.78 is 10.5. The average molecular weight is 1340 g/mol. The number of likely N-dealkylation sites (tertiary alicyclic amines) is 3. The Kier molecular flexibility index (Phi) is 29.8. The highest BCUT2D eigenvalue weighted by Gasteiger charge is 2.51. The molecule has 97 heavy (non-hydrogen) atoms. The van der Waals surface area contributed by atoms with Crippen LogP contribution in [0.1, 0.15) is 117 Å². The number of hydrazone groups is 2. The molecule has 2 amide bonds. The van der Waals surface area contributed by atoms with Gasteiger partial charge < -0.3 is 25.1 Å². The second kappa shape index (κ2) is 38.5. The topological polar surface area (TPSA) is 275 Å². The predicted molar refractivity (Wildman–Crippen MR) is 384 cm³/mol. The summed E-state index contributed by atoms with van der Waals surface area (Å²) in [6, 6.07) is 69.2. The molecule has 19 nitrogen and oxygen atoms in total. The molecular formula is C77H96ClN10O9+. The summed E-state index contributed by atoms with van der Waals surface area (Å²) in [5, 5.41) is 11.5. The lowest BCUT2D eigenvalue weighted by molar-refractivity contribution is -0.154. The van der Waals surface area contributed by atoms with E-state index in [1.807, 2.05) is 122 Å². The Hall–Kier alpha value is -9.21. The van der Waals surface area contributed by atoms with Crippen LogP contribution in [0.5, 0.6) is 0 Å². The fourth-order valence-corrected chi connectivity index (χ4v) is 13.2. The van der Waals surface area contributed by atoms with Gasteiger partial charge in [-0.3, -0.25) is 38.7 Å². The minimum Gasteiger partial charge on any atom is -0.465 e. The SMILES string of the molecule is CCOC(=O)C1(C(=O)c2ccccc2)CCN(Cc2ccccc2)CC1.CCOC(=[OH+])C1CCN(Cc2ccccc2)CC1.N=N.O.O=C(Cl)c1ccccc1.O=C1NN=C(c2ccccc2)C12CCN(Cc1ccccc1)CC2.O=C1NN=C(c2ccccc2)C12CCNCC2.[HH].[HH]. The van der Waals surface area contributed by atoms with Crippen molar-refractivity contribution in [1.29, 1.82) is 11.1 Å². The molecule has 6 heterocycles. The summed E-state index contributed by atoms with van der Waals surface area (Å²) in [7, 11) is 0. The van der Waals surface area contributed by atoms with Crippen LogP contribution >= 0.6 is 11.6 Å². The molecule has 0 unspecified atom stereocenters. The number of rotatable bonds is 15. The van der Waals surface area contributed by atoms with Gasteiger partial charge in [-0.1, -0.05) is 212 Å². The molecule has 0 aromatic heterocycles. The zero-order valence-electron chi connectivity index (χ0n) is 55.6. The lowest BCUT2D eigenvalue weighted by Crippen LogP contribution is -2.49. The maximum absolute atomic E-state index is 13.2. The summed E-state index contributed by atoms with van der Waals surface area (Å²) in [6.07, 6.45) is 6.24. The van der Waals surface area contributed by atoms with Crippen molar-refractivity contribution >= 4 is 57.8 Å². The van der Waals surface area contributed by atoms with Crippen molar-refractivity contribution in [2.24, 2.45) is 32.4 Å². The number of Topliss-reactive ketones (excluding diaryl/α,β-unsaturated/α-hetero) is 1. The van der Waals surface area contributed by atoms with Crippen molar-refractivity contribution in [2.45, 2.75) is 84.8 Å². The van der Waals surface area contributed by atoms with Crippen LogP contribution in [-0.2, 0) is 43.5 Å². The maximum Gasteiger partial charge on any atom is 0.485 e. The number of ketones is 1. The summed E-state index contributed by atoms with van der Waals surface area (Å²) in [5.74, 6) is 0.0662. The highest BCUT2D eigenvalue weighted by molar-refractivity contribution is 6.67. The zero-order chi connectivity index (χ0) is 68.0. The van der Waals surface area contributed by atoms with Crippen LogP contribution in [0.2, 0.25) is 0 Å². The van der Waals surface area contributed by atoms with Crippen LogP contribution in [0, 0.1) is 33.2 Å². The molecule has 7 aromatic carbocycles. The number of nitrogens with one attached hydrogen (secondary N) is 5. The number of hydrogen-bond acceptors (Lipinski definition) is 15. The van der Waals surface area contributed by atoms with Gasteiger partial charge in [-0.25, -0.2) is 21.9 Å². The first-order chi connectivity index (χ1) is 46.9. The first kappa shape index (κ1) is 75.2. The molecule has 0 aliphatic carbocycles. The predicted octanol–water partition coefficient (Wildman–Crippen LogP) is 12.2. The van der Waals surface area contributed by atoms with Crippen molar-refractivity contribution in [3.05, 3.63) is 251 Å². The number of amides is 2. The normalized spacial score (nSPS) is 17.5. The standard InChI is InChI=1S/C22H25NO3.C20H21N3O.C15H21NO2.C13H15N3O.C7H5ClO.H2N2.H2O.2H2/c1-2-26-21(25)22(20(24)19-11-7-4-8-12-19)13-15-23(16-14-22)17-18-9-5-3-6-10-18;24-19-20(18(21-22-19)17-9-5-2-6-10-17)11-13-23(14-12-20)15-16-7-3-1-4-8-16;1-2-18-15(17)14-8-10-16(11-9-14)12-13-6-4-3-5-7-13;17-12-13(6-8-14-9-7-13)11(15-16-12)10-4-2-1-3-5-10;8-7(9)6-4-2-1-3-5-6;1-2;;;/h3-12H,2,13-17H2,1H3;1-10H,11-15H2,(H,22,24);3-7,14H,2,8-12H2,1H3;1-5,14H,6-9H2,(H,16,17);1-5H;1-2H;1H2;2*1H/p+1. The summed E-state index contributed by atoms with van der Waals surface area (Å²) >= 11 is 5.16. The molecule has 514 valence electrons. The number of carbonyl (C=O) groups is 5. The molecule has 6 aliphatic rings. The van der Waals surface area contributed by atoms with Crippen molar-refractivity contribution in [3.63, 3.8) is 0 Å². The maximum atomic E-state index is 13.2. The molecule has 20 heteroatoms. The molecule has 13 rings (SSSR count). The van der Waals surface area contributed by atoms with Crippen LogP contribution < -0.4 is 16.2 Å². The van der Waals surface area contributed by atoms with E-state index in [0.29, 0.717) is 43.7 Å². The van der Waals surface area contributed by atoms with E-state index in [9.17, 15) is 28.8 Å². The Balaban J connectivity index is 0.000000227. The third-order valence-electron chi connectivity index (χ3n) is 18.4. The molecule has 8 N–H and O–H groups in total. The van der Waals surface area contributed by atoms with E-state index in [2.05, 4.69) is 102 Å². The van der Waals surface area contributed by atoms with Gasteiger partial charge in [-0.05, 0) is 144 Å². The largest absolute Gasteiger partial charge is 0.485 e. The second-order valence-electron chi connectivity index (χ2n) is 24.4. The summed E-state index contributed by atoms with van der Waals surface area (Å²) in [5.41, 5.74) is 22.4. The second-order valence-corrected chi connectivity index (χ2v) is 24.8. The number of hydrogen-bond donors (Lipinski definition) is 5. The fraction of sp³-hybridized carbons (Fsp3) is 0.351. The lowest BCUT2D eigenvalue weighted by atomic mass is 9.72. The van der Waals surface area contributed by atoms with Gasteiger partial charge in [-0.2, -0.15) is 10.2 Å². The molecule has 7 aromatic rings. The molecule has 6 aliphatic heterocycles. The van der Waals surface area contributed by atoms with E-state index >= 15 is 0 Å². The van der Waals surface area contributed by atoms with Gasteiger partial charge in [0.25, 0.3) is 17.1 Å². The molecule has 4 fully saturated rings. The van der Waals surface area contributed by atoms with Gasteiger partial charge in [0.15, 0.2) is 12.4 Å². The summed E-state index contributed by atoms with van der Waals surface area (Å²) in [6.45, 7) is 14.3. The molecule has 0 bridgehead atoms. The van der Waals surface area contributed by atoms with Crippen molar-refractivity contribution < 1.29 is 46.6 Å². The van der Waals surface area contributed by atoms with Crippen LogP contribution in [0.15, 0.2) is 223 Å². The van der Waals surface area contributed by atoms with Gasteiger partial charge in [0.2, 0.25) is 0 Å². The van der Waals surface area contributed by atoms with Crippen LogP contribution in [-0.4, -0.2) is 137 Å². The molecule has 4 saturated heterocycles. The molecule has 0 atom stereocenters. The van der Waals surface area contributed by atoms with Crippen LogP contribution in [0.4, 0.5) is 0 Å². The highest BCUT2D eigenvalue weighted by atomic mass is 35.5. The first-order valence-corrected chi connectivity index (χ1v) is 33.6. The fourth-order valence-electron chi connectivity index (χ4n) is 13.1. The Morgan fingerprint density at radius 3 is 1.22 bits per heavy atom. The number of nitrogens with zero attached hydrogens (tertiary/aromatic N) is 5. The smallest absolute Gasteiger partial charge is 0.465 e. The van der Waals surface area contributed by atoms with Gasteiger partial charge in [0.1, 0.15) is 11.3 Å². The quantitative estimate of drug-likeness (QED) is 0.0161. The first-order valence-electron chi connectivity index (χ1n) is 33.2. The summed E-state index contributed by atoms with van der Waals surface area (Å²) in [4.78, 5) is 77.9. The van der Waals surface area contributed by atoms with Crippen molar-refractivity contribution in [3.8, 4) is 0 Å². The number of halogens is 1. The van der Waals surface area contributed by atoms with E-state index < -0.39 is 21.5 Å². The van der Waals surface area contributed by atoms with E-state index in [4.69, 9.17) is 32.1 Å². The molecular weight excluding hydrogens is 1240 g/mol. The Bertz CT molecular complexity index is 3640. The van der Waals surface area contributed by atoms with Crippen molar-refractivity contribution in [1.82, 2.24) is 30.9 Å². The third-order valence-corrected chi connectivity index (χ3v) is 18.6. The minimum atomic E-state index is -1.06. The number of esters is 2. The van der Waals surface area contributed by atoms with Gasteiger partial charge in [0, 0.05) is 46.7 Å². The lowest BCUT2D eigenvalue weighted by Gasteiger charge is -2.38. The van der Waals surface area contributed by atoms with Gasteiger partial charge in [0.05, 0.1) is 28.9 Å². The van der Waals surface area contributed by atoms with E-state index in [1.54, 1.807) is 43.3 Å². The Morgan fingerprint density at radius 2 is 0.845 bits per heavy atom. The molecule has 2 spiro atoms. The molecule has 0 saturated carbocycles. The average Bonchev–Trinajstić information content (AvgIpc) is 1.67. The van der Waals surface area contributed by atoms with Crippen LogP contribution in [0.25, 0.3) is 0 Å². The van der Waals surface area contributed by atoms with Gasteiger partial charge in [-0.15, -0.1) is 0 Å². The minimum absolute atomic E-state index is 0. The number of ether oxygens (including phenoxy) is 2. The highest BCUT2D eigenvalue weighted by Crippen LogP contribution is 2.41. The van der Waals surface area contributed by atoms with Gasteiger partial charge >= 0.3 is 11.9 Å². The van der Waals surface area contributed by atoms with E-state index in [0.717, 1.165) is 120 Å². The number of piperidine rings is 4. The Labute approximate surface area is 577 Å². The van der Waals surface area contributed by atoms with E-state index in [1.165, 1.54) is 16.7 Å². The Morgan fingerprint density at radius 1 is 0.505 bits per heavy atom. The van der Waals surface area contributed by atoms with Crippen LogP contribution in [0.3, 0.4) is 0 Å². The molecule has 0 radical (unpaired) electrons. The van der Waals surface area contributed by atoms with Crippen molar-refractivity contribution in [2.75, 3.05) is 65.6 Å². The van der Waals surface area contributed by atoms with E-state index in [-0.39, 0.29) is 50.4 Å². The monoisotopic (exact) mass is 1340 g/mol. The number of carbonyl (C=O) groups excluding carboxylic acids is 6. The third kappa shape index (κ3) is 20.4. The zero-order valence-corrected chi connectivity index (χ0v) is 56.3. The number of benzene rings is 7.